The van der Waals surface area contributed by atoms with Gasteiger partial charge >= 0.3 is 0 Å². The monoisotopic (exact) mass is 811 g/mol. The molecule has 3 heterocycles. The van der Waals surface area contributed by atoms with Crippen molar-refractivity contribution < 1.29 is 4.42 Å². The van der Waals surface area contributed by atoms with E-state index < -0.39 is 0 Å². The van der Waals surface area contributed by atoms with Gasteiger partial charge < -0.3 is 14.3 Å². The zero-order chi connectivity index (χ0) is 42.9. The first-order valence-corrected chi connectivity index (χ1v) is 22.5. The molecule has 0 unspecified atom stereocenters. The van der Waals surface area contributed by atoms with Gasteiger partial charge in [0.1, 0.15) is 11.2 Å². The molecule has 13 rings (SSSR count). The fourth-order valence-corrected chi connectivity index (χ4v) is 11.8. The molecule has 10 aromatic rings. The van der Waals surface area contributed by atoms with Gasteiger partial charge in [0.15, 0.2) is 7.28 Å². The van der Waals surface area contributed by atoms with Gasteiger partial charge in [0, 0.05) is 60.5 Å². The number of fused-ring (bicyclic) bond motifs is 14. The largest absolute Gasteiger partial charge is 0.456 e. The second-order valence-electron chi connectivity index (χ2n) is 20.5. The summed E-state index contributed by atoms with van der Waals surface area (Å²) in [6.07, 6.45) is 0. The molecular formula is C59H48BN2O. The summed E-state index contributed by atoms with van der Waals surface area (Å²) in [5.74, 6) is 0. The van der Waals surface area contributed by atoms with Crippen molar-refractivity contribution in [2.45, 2.75) is 71.6 Å². The zero-order valence-corrected chi connectivity index (χ0v) is 37.2. The number of rotatable bonds is 3. The molecule has 2 aromatic heterocycles. The highest BCUT2D eigenvalue weighted by molar-refractivity contribution is 6.73. The molecule has 0 saturated heterocycles. The molecule has 0 atom stereocenters. The van der Waals surface area contributed by atoms with Gasteiger partial charge in [-0.3, -0.25) is 0 Å². The minimum atomic E-state index is -0.160. The molecule has 4 heteroatoms. The molecule has 3 aliphatic rings. The minimum absolute atomic E-state index is 0.0700. The third-order valence-corrected chi connectivity index (χ3v) is 15.1. The Balaban J connectivity index is 1.12. The van der Waals surface area contributed by atoms with Crippen LogP contribution in [-0.2, 0) is 16.2 Å². The summed E-state index contributed by atoms with van der Waals surface area (Å²) in [7, 11) is 2.50. The van der Waals surface area contributed by atoms with Crippen molar-refractivity contribution in [3.63, 3.8) is 0 Å². The summed E-state index contributed by atoms with van der Waals surface area (Å²) >= 11 is 0. The SMILES string of the molecule is Cc1cc(-c2cc3c(cc2Nc2ccc(C(C)(C)C)cc2)-c2ccccc2C3(C)C)c2c3c1c1cc4oc5ccccc5c4cc1n3-c1cc3c(cc1[B]2)C(C)(C)c1ccccc1-3. The molecule has 3 nitrogen and oxygen atoms in total. The number of hydrogen-bond acceptors (Lipinski definition) is 2. The third kappa shape index (κ3) is 4.93. The van der Waals surface area contributed by atoms with Crippen LogP contribution in [0.1, 0.15) is 81.8 Å². The molecule has 0 saturated carbocycles. The van der Waals surface area contributed by atoms with Gasteiger partial charge in [-0.25, -0.2) is 0 Å². The molecule has 0 bridgehead atoms. The molecule has 8 aromatic carbocycles. The van der Waals surface area contributed by atoms with Gasteiger partial charge in [-0.1, -0.05) is 145 Å². The van der Waals surface area contributed by atoms with Crippen LogP contribution in [0.4, 0.5) is 11.4 Å². The lowest BCUT2D eigenvalue weighted by atomic mass is 9.58. The maximum atomic E-state index is 6.58. The molecule has 0 spiro atoms. The Bertz CT molecular complexity index is 3660. The Morgan fingerprint density at radius 1 is 0.556 bits per heavy atom. The van der Waals surface area contributed by atoms with E-state index in [2.05, 4.69) is 212 Å². The van der Waals surface area contributed by atoms with Crippen LogP contribution in [0.15, 0.2) is 144 Å². The van der Waals surface area contributed by atoms with E-state index in [1.807, 2.05) is 0 Å². The number of hydrogen-bond donors (Lipinski definition) is 1. The number of aromatic nitrogens is 1. The summed E-state index contributed by atoms with van der Waals surface area (Å²) < 4.78 is 9.17. The van der Waals surface area contributed by atoms with Crippen molar-refractivity contribution in [2.75, 3.05) is 5.32 Å². The van der Waals surface area contributed by atoms with Gasteiger partial charge in [-0.15, -0.1) is 0 Å². The van der Waals surface area contributed by atoms with E-state index in [4.69, 9.17) is 4.42 Å². The Kier molecular flexibility index (Phi) is 7.15. The Morgan fingerprint density at radius 2 is 1.21 bits per heavy atom. The zero-order valence-electron chi connectivity index (χ0n) is 37.2. The molecule has 1 radical (unpaired) electrons. The van der Waals surface area contributed by atoms with Crippen molar-refractivity contribution in [3.05, 3.63) is 173 Å². The van der Waals surface area contributed by atoms with Crippen LogP contribution in [0.5, 0.6) is 0 Å². The van der Waals surface area contributed by atoms with Crippen LogP contribution in [-0.4, -0.2) is 11.8 Å². The topological polar surface area (TPSA) is 30.1 Å². The maximum absolute atomic E-state index is 6.58. The number of para-hydroxylation sites is 1. The van der Waals surface area contributed by atoms with Gasteiger partial charge in [0.05, 0.1) is 5.52 Å². The first-order chi connectivity index (χ1) is 30.3. The van der Waals surface area contributed by atoms with E-state index in [1.54, 1.807) is 0 Å². The van der Waals surface area contributed by atoms with Crippen molar-refractivity contribution in [1.29, 1.82) is 0 Å². The second kappa shape index (κ2) is 12.2. The van der Waals surface area contributed by atoms with Gasteiger partial charge in [-0.05, 0) is 128 Å². The average Bonchev–Trinajstić information content (AvgIpc) is 3.94. The highest BCUT2D eigenvalue weighted by Gasteiger charge is 2.39. The summed E-state index contributed by atoms with van der Waals surface area (Å²) in [5, 5.41) is 8.77. The first kappa shape index (κ1) is 36.8. The van der Waals surface area contributed by atoms with E-state index in [0.29, 0.717) is 0 Å². The fraction of sp³-hybridized carbons (Fsp3) is 0.186. The number of anilines is 2. The second-order valence-corrected chi connectivity index (χ2v) is 20.5. The lowest BCUT2D eigenvalue weighted by molar-refractivity contribution is 0.590. The number of nitrogens with one attached hydrogen (secondary N) is 1. The van der Waals surface area contributed by atoms with E-state index >= 15 is 0 Å². The smallest absolute Gasteiger partial charge is 0.197 e. The molecular weight excluding hydrogens is 763 g/mol. The highest BCUT2D eigenvalue weighted by atomic mass is 16.3. The van der Waals surface area contributed by atoms with Gasteiger partial charge in [0.2, 0.25) is 0 Å². The normalized spacial score (nSPS) is 15.0. The third-order valence-electron chi connectivity index (χ3n) is 15.1. The molecule has 1 aliphatic heterocycles. The molecule has 303 valence electrons. The first-order valence-electron chi connectivity index (χ1n) is 22.5. The lowest BCUT2D eigenvalue weighted by Crippen LogP contribution is -2.38. The molecule has 0 fully saturated rings. The van der Waals surface area contributed by atoms with E-state index in [0.717, 1.165) is 33.3 Å². The lowest BCUT2D eigenvalue weighted by Gasteiger charge is -2.28. The van der Waals surface area contributed by atoms with Gasteiger partial charge in [-0.2, -0.15) is 0 Å². The summed E-state index contributed by atoms with van der Waals surface area (Å²) in [4.78, 5) is 0. The molecule has 1 N–H and O–H groups in total. The van der Waals surface area contributed by atoms with Crippen molar-refractivity contribution >= 4 is 73.3 Å². The molecule has 0 amide bonds. The molecule has 63 heavy (non-hydrogen) atoms. The quantitative estimate of drug-likeness (QED) is 0.180. The number of nitrogens with zero attached hydrogens (tertiary/aromatic N) is 1. The van der Waals surface area contributed by atoms with Crippen LogP contribution < -0.4 is 16.2 Å². The van der Waals surface area contributed by atoms with Gasteiger partial charge in [0.25, 0.3) is 0 Å². The van der Waals surface area contributed by atoms with E-state index in [9.17, 15) is 0 Å². The van der Waals surface area contributed by atoms with Crippen LogP contribution in [0.25, 0.3) is 82.8 Å². The predicted molar refractivity (Wildman–Crippen MR) is 267 cm³/mol. The number of aryl methyl sites for hydroxylation is 1. The van der Waals surface area contributed by atoms with Crippen LogP contribution in [0.3, 0.4) is 0 Å². The maximum Gasteiger partial charge on any atom is 0.197 e. The summed E-state index contributed by atoms with van der Waals surface area (Å²) in [6, 6.07) is 52.5. The Hall–Kier alpha value is -6.78. The standard InChI is InChI=1S/C59H48BN2O/c1-32-25-42(40-26-46-38(35-15-9-12-18-44(35)58(46,5)6)27-49(40)61-34-23-21-33(22-24-34)57(2,3)4)55-56-54(32)43-30-53-41(37-17-11-14-20-52(37)63-53)29-50(43)62(56)51-28-39-36-16-10-13-19-45(36)59(7,8)47(39)31-48(51)60-55/h9-31,61H,1-8H3. The Morgan fingerprint density at radius 3 is 1.92 bits per heavy atom. The average molecular weight is 812 g/mol. The number of furan rings is 1. The number of benzene rings is 8. The Labute approximate surface area is 369 Å². The van der Waals surface area contributed by atoms with E-state index in [1.165, 1.54) is 105 Å². The van der Waals surface area contributed by atoms with Crippen LogP contribution in [0, 0.1) is 6.92 Å². The minimum Gasteiger partial charge on any atom is -0.456 e. The van der Waals surface area contributed by atoms with Crippen molar-refractivity contribution in [1.82, 2.24) is 4.57 Å². The summed E-state index contributed by atoms with van der Waals surface area (Å²) in [5.41, 5.74) is 25.8. The van der Waals surface area contributed by atoms with Crippen molar-refractivity contribution in [3.8, 4) is 39.1 Å². The van der Waals surface area contributed by atoms with Crippen molar-refractivity contribution in [2.24, 2.45) is 0 Å². The molecule has 2 aliphatic carbocycles. The van der Waals surface area contributed by atoms with E-state index in [-0.39, 0.29) is 16.2 Å². The highest BCUT2D eigenvalue weighted by Crippen LogP contribution is 2.53. The predicted octanol–water partition coefficient (Wildman–Crippen LogP) is 14.3. The van der Waals surface area contributed by atoms with Crippen LogP contribution in [0.2, 0.25) is 0 Å². The summed E-state index contributed by atoms with van der Waals surface area (Å²) in [6.45, 7) is 18.7. The van der Waals surface area contributed by atoms with Crippen LogP contribution >= 0.6 is 0 Å². The fourth-order valence-electron chi connectivity index (χ4n) is 11.8.